The van der Waals surface area contributed by atoms with E-state index < -0.39 is 0 Å². The molecule has 1 amide bonds. The zero-order valence-corrected chi connectivity index (χ0v) is 12.6. The highest BCUT2D eigenvalue weighted by Gasteiger charge is 2.48. The molecule has 3 atom stereocenters. The summed E-state index contributed by atoms with van der Waals surface area (Å²) in [6, 6.07) is 9.58. The lowest BCUT2D eigenvalue weighted by Crippen LogP contribution is -2.52. The highest BCUT2D eigenvalue weighted by molar-refractivity contribution is 9.10. The van der Waals surface area contributed by atoms with Crippen LogP contribution < -0.4 is 0 Å². The van der Waals surface area contributed by atoms with Gasteiger partial charge in [-0.3, -0.25) is 4.79 Å². The number of rotatable bonds is 2. The summed E-state index contributed by atoms with van der Waals surface area (Å²) in [6.07, 6.45) is 1.89. The first-order valence-electron chi connectivity index (χ1n) is 6.82. The van der Waals surface area contributed by atoms with E-state index in [-0.39, 0.29) is 35.4 Å². The van der Waals surface area contributed by atoms with Gasteiger partial charge in [-0.1, -0.05) is 46.3 Å². The molecule has 0 saturated carbocycles. The van der Waals surface area contributed by atoms with Crippen LogP contribution in [0.1, 0.15) is 24.8 Å². The maximum absolute atomic E-state index is 12.3. The molecular weight excluding hydrogens is 322 g/mol. The van der Waals surface area contributed by atoms with Crippen molar-refractivity contribution >= 4 is 27.8 Å². The maximum Gasteiger partial charge on any atom is 0.410 e. The Morgan fingerprint density at radius 1 is 1.30 bits per heavy atom. The van der Waals surface area contributed by atoms with E-state index in [2.05, 4.69) is 15.9 Å². The maximum atomic E-state index is 12.3. The molecule has 1 aromatic rings. The summed E-state index contributed by atoms with van der Waals surface area (Å²) >= 11 is 3.41. The molecule has 0 radical (unpaired) electrons. The lowest BCUT2D eigenvalue weighted by Gasteiger charge is -2.35. The number of hydrogen-bond acceptors (Lipinski definition) is 3. The first-order chi connectivity index (χ1) is 9.66. The van der Waals surface area contributed by atoms with Gasteiger partial charge in [0, 0.05) is 12.5 Å². The summed E-state index contributed by atoms with van der Waals surface area (Å²) in [6.45, 7) is 0.274. The molecular formula is C15H16BrNO3. The van der Waals surface area contributed by atoms with Gasteiger partial charge in [-0.25, -0.2) is 4.79 Å². The average molecular weight is 338 g/mol. The van der Waals surface area contributed by atoms with E-state index in [1.807, 2.05) is 30.3 Å². The summed E-state index contributed by atoms with van der Waals surface area (Å²) in [5.74, 6) is 0.199. The van der Waals surface area contributed by atoms with Gasteiger partial charge in [-0.2, -0.15) is 0 Å². The summed E-state index contributed by atoms with van der Waals surface area (Å²) in [5, 5.41) is 0. The van der Waals surface area contributed by atoms with E-state index in [4.69, 9.17) is 4.74 Å². The highest BCUT2D eigenvalue weighted by Crippen LogP contribution is 2.37. The van der Waals surface area contributed by atoms with Crippen LogP contribution in [0.4, 0.5) is 4.79 Å². The van der Waals surface area contributed by atoms with Gasteiger partial charge in [0.05, 0.1) is 10.9 Å². The first-order valence-corrected chi connectivity index (χ1v) is 7.74. The van der Waals surface area contributed by atoms with Gasteiger partial charge in [-0.15, -0.1) is 0 Å². The molecule has 3 rings (SSSR count). The number of hydrogen-bond donors (Lipinski definition) is 0. The minimum Gasteiger partial charge on any atom is -0.445 e. The summed E-state index contributed by atoms with van der Waals surface area (Å²) in [5.41, 5.74) is 0.969. The van der Waals surface area contributed by atoms with Crippen molar-refractivity contribution in [3.8, 4) is 0 Å². The van der Waals surface area contributed by atoms with Crippen molar-refractivity contribution < 1.29 is 14.3 Å². The van der Waals surface area contributed by atoms with Crippen LogP contribution in [0.3, 0.4) is 0 Å². The smallest absolute Gasteiger partial charge is 0.410 e. The van der Waals surface area contributed by atoms with Crippen LogP contribution in [-0.2, 0) is 16.1 Å². The molecule has 2 aliphatic heterocycles. The molecule has 5 heteroatoms. The molecule has 2 bridgehead atoms. The minimum absolute atomic E-state index is 0.0181. The Bertz CT molecular complexity index is 519. The number of Topliss-reactive ketones (excluding diaryl/α,β-unsaturated/α-hetero) is 1. The number of amides is 1. The number of ketones is 1. The van der Waals surface area contributed by atoms with Crippen LogP contribution in [0, 0.1) is 0 Å². The predicted octanol–water partition coefficient (Wildman–Crippen LogP) is 2.89. The van der Waals surface area contributed by atoms with Crippen molar-refractivity contribution in [3.63, 3.8) is 0 Å². The van der Waals surface area contributed by atoms with Crippen molar-refractivity contribution in [3.05, 3.63) is 35.9 Å². The van der Waals surface area contributed by atoms with Gasteiger partial charge in [0.15, 0.2) is 5.78 Å². The first kappa shape index (κ1) is 13.6. The molecule has 20 heavy (non-hydrogen) atoms. The second kappa shape index (κ2) is 5.56. The van der Waals surface area contributed by atoms with Gasteiger partial charge in [0.2, 0.25) is 0 Å². The standard InChI is InChI=1S/C15H16BrNO3/c16-14-12-7-6-11(8-13(14)18)17(12)15(19)20-9-10-4-2-1-3-5-10/h1-5,11-12,14H,6-9H2. The number of nitrogens with zero attached hydrogens (tertiary/aromatic N) is 1. The molecule has 3 unspecified atom stereocenters. The van der Waals surface area contributed by atoms with Gasteiger partial charge < -0.3 is 9.64 Å². The lowest BCUT2D eigenvalue weighted by atomic mass is 10.0. The van der Waals surface area contributed by atoms with E-state index in [1.165, 1.54) is 0 Å². The number of fused-ring (bicyclic) bond motifs is 2. The second-order valence-corrected chi connectivity index (χ2v) is 6.30. The van der Waals surface area contributed by atoms with Crippen LogP contribution in [0.25, 0.3) is 0 Å². The van der Waals surface area contributed by atoms with Crippen LogP contribution >= 0.6 is 15.9 Å². The van der Waals surface area contributed by atoms with E-state index in [9.17, 15) is 9.59 Å². The molecule has 0 spiro atoms. The Kier molecular flexibility index (Phi) is 3.78. The van der Waals surface area contributed by atoms with Crippen molar-refractivity contribution in [1.29, 1.82) is 0 Å². The normalized spacial score (nSPS) is 28.6. The van der Waals surface area contributed by atoms with Crippen LogP contribution in [0.2, 0.25) is 0 Å². The fraction of sp³-hybridized carbons (Fsp3) is 0.467. The van der Waals surface area contributed by atoms with Gasteiger partial charge >= 0.3 is 6.09 Å². The van der Waals surface area contributed by atoms with Crippen molar-refractivity contribution in [1.82, 2.24) is 4.90 Å². The Morgan fingerprint density at radius 2 is 2.05 bits per heavy atom. The molecule has 2 saturated heterocycles. The third-order valence-electron chi connectivity index (χ3n) is 4.04. The third-order valence-corrected chi connectivity index (χ3v) is 5.17. The number of piperidine rings is 1. The monoisotopic (exact) mass is 337 g/mol. The molecule has 0 N–H and O–H groups in total. The quantitative estimate of drug-likeness (QED) is 0.779. The number of carbonyl (C=O) groups excluding carboxylic acids is 2. The molecule has 0 aromatic heterocycles. The highest BCUT2D eigenvalue weighted by atomic mass is 79.9. The Balaban J connectivity index is 1.65. The predicted molar refractivity (Wildman–Crippen MR) is 77.6 cm³/mol. The van der Waals surface area contributed by atoms with Crippen molar-refractivity contribution in [2.75, 3.05) is 0 Å². The number of carbonyl (C=O) groups is 2. The van der Waals surface area contributed by atoms with E-state index in [1.54, 1.807) is 4.90 Å². The van der Waals surface area contributed by atoms with Gasteiger partial charge in [0.1, 0.15) is 6.61 Å². The van der Waals surface area contributed by atoms with Crippen molar-refractivity contribution in [2.45, 2.75) is 42.8 Å². The largest absolute Gasteiger partial charge is 0.445 e. The molecule has 2 fully saturated rings. The summed E-state index contributed by atoms with van der Waals surface area (Å²) < 4.78 is 5.39. The van der Waals surface area contributed by atoms with Crippen LogP contribution in [0.5, 0.6) is 0 Å². The zero-order valence-electron chi connectivity index (χ0n) is 11.0. The van der Waals surface area contributed by atoms with Gasteiger partial charge in [-0.05, 0) is 18.4 Å². The topological polar surface area (TPSA) is 46.6 Å². The number of alkyl halides is 1. The van der Waals surface area contributed by atoms with Crippen molar-refractivity contribution in [2.24, 2.45) is 0 Å². The summed E-state index contributed by atoms with van der Waals surface area (Å²) in [4.78, 5) is 25.5. The Morgan fingerprint density at radius 3 is 2.80 bits per heavy atom. The third kappa shape index (κ3) is 2.46. The van der Waals surface area contributed by atoms with E-state index in [0.717, 1.165) is 18.4 Å². The lowest BCUT2D eigenvalue weighted by molar-refractivity contribution is -0.122. The van der Waals surface area contributed by atoms with E-state index >= 15 is 0 Å². The number of benzene rings is 1. The van der Waals surface area contributed by atoms with Crippen LogP contribution in [0.15, 0.2) is 30.3 Å². The molecule has 106 valence electrons. The van der Waals surface area contributed by atoms with E-state index in [0.29, 0.717) is 6.42 Å². The molecule has 2 heterocycles. The molecule has 4 nitrogen and oxygen atoms in total. The second-order valence-electron chi connectivity index (χ2n) is 5.32. The Labute approximate surface area is 126 Å². The zero-order chi connectivity index (χ0) is 14.1. The summed E-state index contributed by atoms with van der Waals surface area (Å²) in [7, 11) is 0. The fourth-order valence-electron chi connectivity index (χ4n) is 3.04. The molecule has 2 aliphatic rings. The van der Waals surface area contributed by atoms with Crippen LogP contribution in [-0.4, -0.2) is 33.7 Å². The fourth-order valence-corrected chi connectivity index (χ4v) is 3.74. The minimum atomic E-state index is -0.307. The molecule has 1 aromatic carbocycles. The number of halogens is 1. The SMILES string of the molecule is O=C1CC2CCC(C1Br)N2C(=O)OCc1ccccc1. The Hall–Kier alpha value is -1.36. The average Bonchev–Trinajstić information content (AvgIpc) is 2.82. The molecule has 0 aliphatic carbocycles. The van der Waals surface area contributed by atoms with Gasteiger partial charge in [0.25, 0.3) is 0 Å². The number of ether oxygens (including phenoxy) is 1.